The first-order valence-electron chi connectivity index (χ1n) is 3.39. The van der Waals surface area contributed by atoms with Gasteiger partial charge in [-0.25, -0.2) is 0 Å². The van der Waals surface area contributed by atoms with Crippen molar-refractivity contribution < 1.29 is 0 Å². The topological polar surface area (TPSA) is 24.1 Å². The lowest BCUT2D eigenvalue weighted by Gasteiger charge is -2.03. The zero-order valence-electron chi connectivity index (χ0n) is 5.91. The Balaban J connectivity index is 2.22. The van der Waals surface area contributed by atoms with Crippen molar-refractivity contribution in [3.05, 3.63) is 12.3 Å². The lowest BCUT2D eigenvalue weighted by Crippen LogP contribution is -2.20. The lowest BCUT2D eigenvalue weighted by atomic mass is 10.1. The number of hydrogen-bond donors (Lipinski definition) is 2. The van der Waals surface area contributed by atoms with Gasteiger partial charge in [-0.3, -0.25) is 0 Å². The molecule has 1 fully saturated rings. The van der Waals surface area contributed by atoms with Crippen LogP contribution in [-0.2, 0) is 0 Å². The van der Waals surface area contributed by atoms with Gasteiger partial charge in [0, 0.05) is 12.2 Å². The van der Waals surface area contributed by atoms with E-state index in [-0.39, 0.29) is 0 Å². The second-order valence-corrected chi connectivity index (χ2v) is 2.61. The van der Waals surface area contributed by atoms with Crippen molar-refractivity contribution in [3.63, 3.8) is 0 Å². The first-order chi connectivity index (χ1) is 4.33. The molecule has 0 saturated carbocycles. The van der Waals surface area contributed by atoms with Crippen molar-refractivity contribution in [1.29, 1.82) is 0 Å². The van der Waals surface area contributed by atoms with E-state index < -0.39 is 0 Å². The van der Waals surface area contributed by atoms with Crippen molar-refractivity contribution in [2.75, 3.05) is 20.1 Å². The van der Waals surface area contributed by atoms with Crippen molar-refractivity contribution in [1.82, 2.24) is 10.6 Å². The Morgan fingerprint density at radius 3 is 3.11 bits per heavy atom. The molecule has 0 radical (unpaired) electrons. The maximum atomic E-state index is 3.85. The molecule has 1 atom stereocenters. The van der Waals surface area contributed by atoms with Gasteiger partial charge in [0.15, 0.2) is 0 Å². The standard InChI is InChI=1S/C7H14N2/c1-6-3-7(4-8-2)5-9-6/h7-9H,1,3-5H2,2H3. The molecule has 1 unspecified atom stereocenters. The lowest BCUT2D eigenvalue weighted by molar-refractivity contribution is 0.547. The molecule has 0 aromatic rings. The van der Waals surface area contributed by atoms with Crippen LogP contribution in [0.4, 0.5) is 0 Å². The fourth-order valence-electron chi connectivity index (χ4n) is 1.21. The van der Waals surface area contributed by atoms with E-state index in [0.717, 1.165) is 25.4 Å². The monoisotopic (exact) mass is 126 g/mol. The molecule has 0 bridgehead atoms. The number of allylic oxidation sites excluding steroid dienone is 1. The van der Waals surface area contributed by atoms with E-state index in [2.05, 4.69) is 17.2 Å². The summed E-state index contributed by atoms with van der Waals surface area (Å²) in [4.78, 5) is 0. The van der Waals surface area contributed by atoms with Crippen molar-refractivity contribution >= 4 is 0 Å². The summed E-state index contributed by atoms with van der Waals surface area (Å²) in [7, 11) is 1.99. The average Bonchev–Trinajstić information content (AvgIpc) is 2.17. The van der Waals surface area contributed by atoms with Crippen molar-refractivity contribution in [3.8, 4) is 0 Å². The summed E-state index contributed by atoms with van der Waals surface area (Å²) < 4.78 is 0. The van der Waals surface area contributed by atoms with Crippen LogP contribution >= 0.6 is 0 Å². The zero-order valence-corrected chi connectivity index (χ0v) is 5.91. The van der Waals surface area contributed by atoms with Crippen LogP contribution in [0, 0.1) is 5.92 Å². The summed E-state index contributed by atoms with van der Waals surface area (Å²) in [5.41, 5.74) is 1.19. The predicted octanol–water partition coefficient (Wildman–Crippen LogP) is 0.329. The fourth-order valence-corrected chi connectivity index (χ4v) is 1.21. The molecule has 0 aromatic heterocycles. The van der Waals surface area contributed by atoms with E-state index >= 15 is 0 Å². The summed E-state index contributed by atoms with van der Waals surface area (Å²) >= 11 is 0. The molecule has 1 rings (SSSR count). The number of nitrogens with one attached hydrogen (secondary N) is 2. The maximum Gasteiger partial charge on any atom is 0.0187 e. The van der Waals surface area contributed by atoms with Gasteiger partial charge in [0.1, 0.15) is 0 Å². The molecule has 1 saturated heterocycles. The smallest absolute Gasteiger partial charge is 0.0187 e. The Labute approximate surface area is 56.3 Å². The highest BCUT2D eigenvalue weighted by Crippen LogP contribution is 2.13. The molecule has 1 aliphatic rings. The first kappa shape index (κ1) is 6.62. The summed E-state index contributed by atoms with van der Waals surface area (Å²) in [6.07, 6.45) is 1.14. The second-order valence-electron chi connectivity index (χ2n) is 2.61. The molecule has 1 heterocycles. The third-order valence-electron chi connectivity index (χ3n) is 1.67. The van der Waals surface area contributed by atoms with Gasteiger partial charge in [-0.15, -0.1) is 0 Å². The van der Waals surface area contributed by atoms with E-state index in [9.17, 15) is 0 Å². The fraction of sp³-hybridized carbons (Fsp3) is 0.714. The average molecular weight is 126 g/mol. The van der Waals surface area contributed by atoms with Crippen LogP contribution in [0.5, 0.6) is 0 Å². The van der Waals surface area contributed by atoms with Crippen LogP contribution in [0.15, 0.2) is 12.3 Å². The molecule has 1 aliphatic heterocycles. The second kappa shape index (κ2) is 2.87. The van der Waals surface area contributed by atoms with Crippen LogP contribution in [0.1, 0.15) is 6.42 Å². The van der Waals surface area contributed by atoms with Crippen LogP contribution in [-0.4, -0.2) is 20.1 Å². The Bertz CT molecular complexity index is 109. The minimum absolute atomic E-state index is 0.766. The minimum Gasteiger partial charge on any atom is -0.388 e. The molecular formula is C7H14N2. The van der Waals surface area contributed by atoms with Crippen LogP contribution in [0.3, 0.4) is 0 Å². The van der Waals surface area contributed by atoms with E-state index in [1.807, 2.05) is 7.05 Å². The molecule has 2 N–H and O–H groups in total. The minimum atomic E-state index is 0.766. The normalized spacial score (nSPS) is 26.3. The first-order valence-corrected chi connectivity index (χ1v) is 3.39. The third kappa shape index (κ3) is 1.72. The zero-order chi connectivity index (χ0) is 6.69. The van der Waals surface area contributed by atoms with E-state index in [4.69, 9.17) is 0 Å². The van der Waals surface area contributed by atoms with Gasteiger partial charge in [0.2, 0.25) is 0 Å². The Morgan fingerprint density at radius 2 is 2.67 bits per heavy atom. The molecule has 9 heavy (non-hydrogen) atoms. The summed E-state index contributed by atoms with van der Waals surface area (Å²) in [5.74, 6) is 0.766. The molecule has 0 aromatic carbocycles. The van der Waals surface area contributed by atoms with E-state index in [1.54, 1.807) is 0 Å². The van der Waals surface area contributed by atoms with Gasteiger partial charge < -0.3 is 10.6 Å². The quantitative estimate of drug-likeness (QED) is 0.557. The molecule has 2 heteroatoms. The summed E-state index contributed by atoms with van der Waals surface area (Å²) in [6, 6.07) is 0. The Morgan fingerprint density at radius 1 is 1.89 bits per heavy atom. The summed E-state index contributed by atoms with van der Waals surface area (Å²) in [6.45, 7) is 6.05. The van der Waals surface area contributed by atoms with Crippen LogP contribution in [0.25, 0.3) is 0 Å². The highest BCUT2D eigenvalue weighted by atomic mass is 14.9. The largest absolute Gasteiger partial charge is 0.388 e. The van der Waals surface area contributed by atoms with Gasteiger partial charge >= 0.3 is 0 Å². The van der Waals surface area contributed by atoms with Gasteiger partial charge in [0.25, 0.3) is 0 Å². The maximum absolute atomic E-state index is 3.85. The SMILES string of the molecule is C=C1CC(CNC)CN1. The van der Waals surface area contributed by atoms with Gasteiger partial charge in [-0.2, -0.15) is 0 Å². The van der Waals surface area contributed by atoms with Crippen molar-refractivity contribution in [2.24, 2.45) is 5.92 Å². The Hall–Kier alpha value is -0.500. The molecule has 52 valence electrons. The van der Waals surface area contributed by atoms with Crippen LogP contribution in [0.2, 0.25) is 0 Å². The predicted molar refractivity (Wildman–Crippen MR) is 39.2 cm³/mol. The van der Waals surface area contributed by atoms with Gasteiger partial charge in [-0.05, 0) is 25.9 Å². The molecular weight excluding hydrogens is 112 g/mol. The van der Waals surface area contributed by atoms with Crippen LogP contribution < -0.4 is 10.6 Å². The highest BCUT2D eigenvalue weighted by Gasteiger charge is 2.15. The molecule has 0 amide bonds. The van der Waals surface area contributed by atoms with E-state index in [1.165, 1.54) is 5.70 Å². The third-order valence-corrected chi connectivity index (χ3v) is 1.67. The highest BCUT2D eigenvalue weighted by molar-refractivity contribution is 5.00. The number of rotatable bonds is 2. The molecule has 2 nitrogen and oxygen atoms in total. The molecule has 0 spiro atoms. The summed E-state index contributed by atoms with van der Waals surface area (Å²) in [5, 5.41) is 6.37. The van der Waals surface area contributed by atoms with E-state index in [0.29, 0.717) is 0 Å². The van der Waals surface area contributed by atoms with Gasteiger partial charge in [0.05, 0.1) is 0 Å². The Kier molecular flexibility index (Phi) is 2.11. The molecule has 0 aliphatic carbocycles. The van der Waals surface area contributed by atoms with Gasteiger partial charge in [-0.1, -0.05) is 6.58 Å². The van der Waals surface area contributed by atoms with Crippen molar-refractivity contribution in [2.45, 2.75) is 6.42 Å². The number of hydrogen-bond acceptors (Lipinski definition) is 2.